The molecule has 0 aromatic heterocycles. The van der Waals surface area contributed by atoms with Crippen molar-refractivity contribution in [2.45, 2.75) is 0 Å². The van der Waals surface area contributed by atoms with Gasteiger partial charge in [-0.2, -0.15) is 0 Å². The van der Waals surface area contributed by atoms with Gasteiger partial charge in [0, 0.05) is 13.1 Å². The minimum atomic E-state index is -0.472. The molecule has 0 rings (SSSR count). The molecule has 0 aliphatic heterocycles. The van der Waals surface area contributed by atoms with Gasteiger partial charge in [-0.3, -0.25) is 0 Å². The van der Waals surface area contributed by atoms with Gasteiger partial charge < -0.3 is 22.4 Å². The summed E-state index contributed by atoms with van der Waals surface area (Å²) in [7, 11) is 9.75. The summed E-state index contributed by atoms with van der Waals surface area (Å²) >= 11 is -0.472. The Morgan fingerprint density at radius 1 is 1.00 bits per heavy atom. The fourth-order valence-corrected chi connectivity index (χ4v) is 0. The first-order chi connectivity index (χ1) is 3.33. The first-order valence-corrected chi connectivity index (χ1v) is 7.19. The van der Waals surface area contributed by atoms with Gasteiger partial charge in [-0.15, -0.1) is 0 Å². The van der Waals surface area contributed by atoms with Crippen LogP contribution < -0.4 is 11.5 Å². The summed E-state index contributed by atoms with van der Waals surface area (Å²) in [5.74, 6) is 0. The van der Waals surface area contributed by atoms with Crippen molar-refractivity contribution in [3.63, 3.8) is 0 Å². The molecule has 0 aromatic rings. The molecule has 0 saturated heterocycles. The van der Waals surface area contributed by atoms with E-state index in [9.17, 15) is 0 Å². The van der Waals surface area contributed by atoms with Gasteiger partial charge in [-0.1, -0.05) is 0 Å². The maximum absolute atomic E-state index is 4.90. The Hall–Kier alpha value is 1.11. The summed E-state index contributed by atoms with van der Waals surface area (Å²) in [5, 5.41) is 0. The van der Waals surface area contributed by atoms with E-state index < -0.39 is 16.5 Å². The van der Waals surface area contributed by atoms with Crippen molar-refractivity contribution in [1.29, 1.82) is 0 Å². The van der Waals surface area contributed by atoms with Crippen LogP contribution in [0, 0.1) is 0 Å². The Morgan fingerprint density at radius 3 is 1.11 bits per heavy atom. The van der Waals surface area contributed by atoms with Crippen LogP contribution in [-0.4, -0.2) is 24.0 Å². The van der Waals surface area contributed by atoms with Crippen LogP contribution in [0.5, 0.6) is 0 Å². The Bertz CT molecular complexity index is 28.0. The predicted octanol–water partition coefficient (Wildman–Crippen LogP) is -1.37. The average molecular weight is 362 g/mol. The Balaban J connectivity index is -0.0000000233. The second-order valence-corrected chi connectivity index (χ2v) is 3.91. The van der Waals surface area contributed by atoms with Crippen molar-refractivity contribution >= 4 is 18.8 Å². The summed E-state index contributed by atoms with van der Waals surface area (Å²) in [6.45, 7) is 1.19. The molecule has 66 valence electrons. The zero-order chi connectivity index (χ0) is 6.12. The van der Waals surface area contributed by atoms with Crippen molar-refractivity contribution in [3.05, 3.63) is 0 Å². The van der Waals surface area contributed by atoms with E-state index >= 15 is 0 Å². The van der Waals surface area contributed by atoms with E-state index in [0.717, 1.165) is 0 Å². The second kappa shape index (κ2) is 35.5. The quantitative estimate of drug-likeness (QED) is 0.599. The zero-order valence-electron chi connectivity index (χ0n) is 4.64. The van der Waals surface area contributed by atoms with Crippen molar-refractivity contribution in [3.8, 4) is 0 Å². The second-order valence-electron chi connectivity index (χ2n) is 0.623. The Kier molecular flexibility index (Phi) is 88.6. The molecule has 4 nitrogen and oxygen atoms in total. The zero-order valence-corrected chi connectivity index (χ0v) is 8.43. The van der Waals surface area contributed by atoms with Gasteiger partial charge in [-0.05, 0) is 0 Å². The molecule has 0 fully saturated rings. The molecule has 0 aliphatic rings. The Labute approximate surface area is 70.9 Å². The average Bonchev–Trinajstić information content (AvgIpc) is 1.69. The fourth-order valence-electron chi connectivity index (χ4n) is 0. The molecule has 0 radical (unpaired) electrons. The van der Waals surface area contributed by atoms with Crippen molar-refractivity contribution in [2.24, 2.45) is 11.5 Å². The molecule has 0 unspecified atom stereocenters. The van der Waals surface area contributed by atoms with Gasteiger partial charge in [0.2, 0.25) is 0 Å². The van der Waals surface area contributed by atoms with E-state index in [-0.39, 0.29) is 11.0 Å². The maximum atomic E-state index is 4.90. The number of hydrogen-bond acceptors (Lipinski definition) is 2. The summed E-state index contributed by atoms with van der Waals surface area (Å²) < 4.78 is 0. The number of rotatable bonds is 1. The van der Waals surface area contributed by atoms with Crippen LogP contribution in [-0.2, 0) is 16.5 Å². The molecular weight excluding hydrogens is 350 g/mol. The first-order valence-electron chi connectivity index (χ1n) is 1.56. The molecule has 0 amide bonds. The number of hydrogen-bond donors (Lipinski definition) is 2. The van der Waals surface area contributed by atoms with Gasteiger partial charge >= 0.3 is 35.3 Å². The van der Waals surface area contributed by atoms with Gasteiger partial charge in [0.05, 0.1) is 0 Å². The number of nitrogens with two attached hydrogens (primary N) is 2. The van der Waals surface area contributed by atoms with E-state index in [2.05, 4.69) is 0 Å². The van der Waals surface area contributed by atoms with Crippen LogP contribution in [0.2, 0.25) is 0 Å². The Morgan fingerprint density at radius 2 is 1.11 bits per heavy atom. The van der Waals surface area contributed by atoms with E-state index in [0.29, 0.717) is 13.1 Å². The van der Waals surface area contributed by atoms with Gasteiger partial charge in [0.1, 0.15) is 0 Å². The first kappa shape index (κ1) is 22.5. The summed E-state index contributed by atoms with van der Waals surface area (Å²) in [4.78, 5) is 0. The van der Waals surface area contributed by atoms with Gasteiger partial charge in [-0.25, -0.2) is 0 Å². The van der Waals surface area contributed by atoms with Crippen molar-refractivity contribution in [1.82, 2.24) is 0 Å². The molecule has 0 bridgehead atoms. The van der Waals surface area contributed by atoms with Gasteiger partial charge in [0.25, 0.3) is 0 Å². The SMILES string of the molecule is NCCN.O.O.[Cl][Pt][Cl]. The van der Waals surface area contributed by atoms with Crippen LogP contribution >= 0.6 is 18.8 Å². The predicted molar refractivity (Wildman–Crippen MR) is 37.0 cm³/mol. The van der Waals surface area contributed by atoms with E-state index in [1.165, 1.54) is 0 Å². The molecule has 0 atom stereocenters. The topological polar surface area (TPSA) is 115 Å². The molecule has 0 aliphatic carbocycles. The molecule has 8 N–H and O–H groups in total. The summed E-state index contributed by atoms with van der Waals surface area (Å²) in [6.07, 6.45) is 0. The molecule has 9 heavy (non-hydrogen) atoms. The van der Waals surface area contributed by atoms with E-state index in [1.54, 1.807) is 0 Å². The third-order valence-corrected chi connectivity index (χ3v) is 0.167. The molecule has 0 saturated carbocycles. The normalized spacial score (nSPS) is 5.78. The van der Waals surface area contributed by atoms with Crippen LogP contribution in [0.1, 0.15) is 0 Å². The monoisotopic (exact) mass is 361 g/mol. The molecule has 0 aromatic carbocycles. The molecule has 0 heterocycles. The third kappa shape index (κ3) is 104. The molecular formula is C2H12Cl2N2O2Pt. The van der Waals surface area contributed by atoms with Crippen LogP contribution in [0.3, 0.4) is 0 Å². The van der Waals surface area contributed by atoms with Crippen LogP contribution in [0.4, 0.5) is 0 Å². The van der Waals surface area contributed by atoms with Crippen LogP contribution in [0.15, 0.2) is 0 Å². The molecule has 7 heteroatoms. The fraction of sp³-hybridized carbons (Fsp3) is 1.00. The van der Waals surface area contributed by atoms with E-state index in [4.69, 9.17) is 30.3 Å². The van der Waals surface area contributed by atoms with Gasteiger partial charge in [0.15, 0.2) is 0 Å². The summed E-state index contributed by atoms with van der Waals surface area (Å²) in [5.41, 5.74) is 9.81. The van der Waals surface area contributed by atoms with Crippen LogP contribution in [0.25, 0.3) is 0 Å². The van der Waals surface area contributed by atoms with Crippen molar-refractivity contribution < 1.29 is 27.4 Å². The third-order valence-electron chi connectivity index (χ3n) is 0.167. The van der Waals surface area contributed by atoms with Crippen molar-refractivity contribution in [2.75, 3.05) is 13.1 Å². The standard InChI is InChI=1S/C2H8N2.2ClH.2H2O.Pt/c3-1-2-4;;;;;/h1-4H2;2*1H;2*1H2;/q;;;;;+2/p-2. The van der Waals surface area contributed by atoms with E-state index in [1.807, 2.05) is 0 Å². The molecule has 0 spiro atoms. The minimum absolute atomic E-state index is 0. The number of halogens is 2. The summed E-state index contributed by atoms with van der Waals surface area (Å²) in [6, 6.07) is 0.